The van der Waals surface area contributed by atoms with Crippen LogP contribution < -0.4 is 20.3 Å². The Bertz CT molecular complexity index is 746. The minimum atomic E-state index is 0. The van der Waals surface area contributed by atoms with Crippen molar-refractivity contribution in [2.75, 3.05) is 58.3 Å². The predicted molar refractivity (Wildman–Crippen MR) is 136 cm³/mol. The molecule has 1 aliphatic heterocycles. The average Bonchev–Trinajstić information content (AvgIpc) is 2.80. The number of piperazine rings is 1. The van der Waals surface area contributed by atoms with E-state index < -0.39 is 0 Å². The second-order valence-electron chi connectivity index (χ2n) is 7.22. The van der Waals surface area contributed by atoms with Gasteiger partial charge in [0.25, 0.3) is 0 Å². The summed E-state index contributed by atoms with van der Waals surface area (Å²) in [6, 6.07) is 18.8. The van der Waals surface area contributed by atoms with E-state index in [4.69, 9.17) is 4.74 Å². The van der Waals surface area contributed by atoms with E-state index in [0.29, 0.717) is 0 Å². The molecule has 1 aliphatic rings. The lowest BCUT2D eigenvalue weighted by atomic mass is 10.2. The summed E-state index contributed by atoms with van der Waals surface area (Å²) in [5, 5.41) is 6.78. The number of benzene rings is 2. The number of rotatable bonds is 8. The van der Waals surface area contributed by atoms with Crippen LogP contribution in [0.1, 0.15) is 12.0 Å². The van der Waals surface area contributed by atoms with Crippen LogP contribution in [0.3, 0.4) is 0 Å². The first-order chi connectivity index (χ1) is 14.3. The molecule has 0 bridgehead atoms. The Hall–Kier alpha value is -2.00. The van der Waals surface area contributed by atoms with Gasteiger partial charge in [0.1, 0.15) is 5.75 Å². The number of methoxy groups -OCH3 is 1. The zero-order valence-corrected chi connectivity index (χ0v) is 20.3. The van der Waals surface area contributed by atoms with Crippen molar-refractivity contribution in [1.82, 2.24) is 15.5 Å². The molecule has 0 radical (unpaired) electrons. The predicted octanol–water partition coefficient (Wildman–Crippen LogP) is 3.19. The zero-order valence-electron chi connectivity index (χ0n) is 18.0. The van der Waals surface area contributed by atoms with E-state index in [1.807, 2.05) is 19.2 Å². The minimum Gasteiger partial charge on any atom is -0.497 e. The molecule has 2 N–H and O–H groups in total. The van der Waals surface area contributed by atoms with Crippen LogP contribution in [0.2, 0.25) is 0 Å². The Kier molecular flexibility index (Phi) is 10.8. The average molecular weight is 523 g/mol. The number of nitrogens with one attached hydrogen (secondary N) is 2. The van der Waals surface area contributed by atoms with Gasteiger partial charge >= 0.3 is 0 Å². The van der Waals surface area contributed by atoms with Gasteiger partial charge in [-0.25, -0.2) is 0 Å². The highest BCUT2D eigenvalue weighted by molar-refractivity contribution is 14.0. The van der Waals surface area contributed by atoms with Crippen LogP contribution in [0.5, 0.6) is 5.75 Å². The van der Waals surface area contributed by atoms with Crippen LogP contribution in [0.4, 0.5) is 5.69 Å². The van der Waals surface area contributed by atoms with E-state index in [1.54, 1.807) is 7.11 Å². The van der Waals surface area contributed by atoms with Gasteiger partial charge in [-0.15, -0.1) is 24.0 Å². The molecule has 6 nitrogen and oxygen atoms in total. The Morgan fingerprint density at radius 3 is 2.30 bits per heavy atom. The molecule has 0 unspecified atom stereocenters. The zero-order chi connectivity index (χ0) is 20.3. The van der Waals surface area contributed by atoms with Crippen LogP contribution in [-0.4, -0.2) is 64.3 Å². The van der Waals surface area contributed by atoms with Crippen LogP contribution in [0.25, 0.3) is 0 Å². The van der Waals surface area contributed by atoms with E-state index >= 15 is 0 Å². The highest BCUT2D eigenvalue weighted by atomic mass is 127. The van der Waals surface area contributed by atoms with E-state index in [0.717, 1.165) is 63.9 Å². The van der Waals surface area contributed by atoms with Gasteiger partial charge in [0.2, 0.25) is 0 Å². The van der Waals surface area contributed by atoms with Gasteiger partial charge in [0.05, 0.1) is 7.11 Å². The first kappa shape index (κ1) is 24.3. The minimum absolute atomic E-state index is 0. The maximum atomic E-state index is 5.20. The van der Waals surface area contributed by atoms with Gasteiger partial charge in [-0.1, -0.05) is 30.3 Å². The highest BCUT2D eigenvalue weighted by Gasteiger charge is 2.16. The molecular formula is C23H34IN5O. The van der Waals surface area contributed by atoms with Crippen molar-refractivity contribution >= 4 is 35.6 Å². The molecule has 1 fully saturated rings. The molecule has 1 heterocycles. The van der Waals surface area contributed by atoms with Crippen LogP contribution in [0, 0.1) is 0 Å². The Labute approximate surface area is 197 Å². The van der Waals surface area contributed by atoms with E-state index in [-0.39, 0.29) is 24.0 Å². The smallest absolute Gasteiger partial charge is 0.191 e. The molecule has 3 rings (SSSR count). The van der Waals surface area contributed by atoms with Crippen molar-refractivity contribution in [2.45, 2.75) is 13.0 Å². The molecule has 7 heteroatoms. The Morgan fingerprint density at radius 2 is 1.67 bits per heavy atom. The summed E-state index contributed by atoms with van der Waals surface area (Å²) in [6.45, 7) is 7.22. The summed E-state index contributed by atoms with van der Waals surface area (Å²) in [6.07, 6.45) is 1.11. The van der Waals surface area contributed by atoms with Gasteiger partial charge in [0.15, 0.2) is 5.96 Å². The summed E-state index contributed by atoms with van der Waals surface area (Å²) in [4.78, 5) is 9.34. The van der Waals surface area contributed by atoms with E-state index in [2.05, 4.69) is 67.9 Å². The van der Waals surface area contributed by atoms with Crippen LogP contribution in [0.15, 0.2) is 59.6 Å². The Morgan fingerprint density at radius 1 is 0.967 bits per heavy atom. The molecule has 1 saturated heterocycles. The number of nitrogens with zero attached hydrogens (tertiary/aromatic N) is 3. The SMILES string of the molecule is CN=C(NCCCN1CCN(c2ccccc2)CC1)NCc1ccc(OC)cc1.I. The Balaban J connectivity index is 0.00000320. The molecule has 0 aromatic heterocycles. The van der Waals surface area contributed by atoms with Gasteiger partial charge < -0.3 is 20.3 Å². The van der Waals surface area contributed by atoms with Crippen molar-refractivity contribution in [3.8, 4) is 5.75 Å². The molecule has 0 saturated carbocycles. The van der Waals surface area contributed by atoms with Gasteiger partial charge in [0, 0.05) is 52.0 Å². The number of para-hydroxylation sites is 1. The lowest BCUT2D eigenvalue weighted by molar-refractivity contribution is 0.255. The maximum Gasteiger partial charge on any atom is 0.191 e. The summed E-state index contributed by atoms with van der Waals surface area (Å²) in [5.74, 6) is 1.72. The second-order valence-corrected chi connectivity index (χ2v) is 7.22. The monoisotopic (exact) mass is 523 g/mol. The third kappa shape index (κ3) is 7.68. The summed E-state index contributed by atoms with van der Waals surface area (Å²) in [7, 11) is 3.49. The van der Waals surface area contributed by atoms with Gasteiger partial charge in [-0.05, 0) is 42.8 Å². The van der Waals surface area contributed by atoms with Crippen molar-refractivity contribution in [3.05, 3.63) is 60.2 Å². The fraction of sp³-hybridized carbons (Fsp3) is 0.435. The second kappa shape index (κ2) is 13.3. The van der Waals surface area contributed by atoms with Crippen LogP contribution in [-0.2, 0) is 6.54 Å². The largest absolute Gasteiger partial charge is 0.497 e. The topological polar surface area (TPSA) is 52.1 Å². The number of hydrogen-bond acceptors (Lipinski definition) is 4. The number of guanidine groups is 1. The number of hydrogen-bond donors (Lipinski definition) is 2. The van der Waals surface area contributed by atoms with Crippen molar-refractivity contribution in [3.63, 3.8) is 0 Å². The quantitative estimate of drug-likeness (QED) is 0.241. The molecule has 164 valence electrons. The molecule has 2 aromatic rings. The standard InChI is InChI=1S/C23H33N5O.HI/c1-24-23(26-19-20-9-11-22(29-2)12-10-20)25-13-6-14-27-15-17-28(18-16-27)21-7-4-3-5-8-21;/h3-5,7-12H,6,13-19H2,1-2H3,(H2,24,25,26);1H. The first-order valence-corrected chi connectivity index (χ1v) is 10.4. The van der Waals surface area contributed by atoms with Crippen LogP contribution >= 0.6 is 24.0 Å². The van der Waals surface area contributed by atoms with Gasteiger partial charge in [-0.3, -0.25) is 9.89 Å². The molecule has 30 heavy (non-hydrogen) atoms. The number of aliphatic imine (C=N–C) groups is 1. The van der Waals surface area contributed by atoms with Crippen molar-refractivity contribution < 1.29 is 4.74 Å². The molecule has 0 atom stereocenters. The molecular weight excluding hydrogens is 489 g/mol. The molecule has 0 amide bonds. The van der Waals surface area contributed by atoms with E-state index in [1.165, 1.54) is 11.3 Å². The first-order valence-electron chi connectivity index (χ1n) is 10.4. The lowest BCUT2D eigenvalue weighted by Crippen LogP contribution is -2.47. The van der Waals surface area contributed by atoms with E-state index in [9.17, 15) is 0 Å². The normalized spacial score (nSPS) is 14.7. The van der Waals surface area contributed by atoms with Crippen molar-refractivity contribution in [2.24, 2.45) is 4.99 Å². The number of halogens is 1. The third-order valence-electron chi connectivity index (χ3n) is 5.28. The summed E-state index contributed by atoms with van der Waals surface area (Å²) < 4.78 is 5.20. The number of ether oxygens (including phenoxy) is 1. The lowest BCUT2D eigenvalue weighted by Gasteiger charge is -2.36. The molecule has 0 aliphatic carbocycles. The number of anilines is 1. The highest BCUT2D eigenvalue weighted by Crippen LogP contribution is 2.15. The molecule has 2 aromatic carbocycles. The third-order valence-corrected chi connectivity index (χ3v) is 5.28. The van der Waals surface area contributed by atoms with Crippen molar-refractivity contribution in [1.29, 1.82) is 0 Å². The maximum absolute atomic E-state index is 5.20. The summed E-state index contributed by atoms with van der Waals surface area (Å²) >= 11 is 0. The van der Waals surface area contributed by atoms with Gasteiger partial charge in [-0.2, -0.15) is 0 Å². The fourth-order valence-electron chi connectivity index (χ4n) is 3.53. The molecule has 0 spiro atoms. The summed E-state index contributed by atoms with van der Waals surface area (Å²) in [5.41, 5.74) is 2.53. The fourth-order valence-corrected chi connectivity index (χ4v) is 3.53.